The standard InChI is InChI=1S/C14H22N2O2/c1-2-18-13(11-6-4-3-5-7-11)14-15-9-8-12(10-17)16-14/h8-9,11,13,17H,2-7,10H2,1H3. The van der Waals surface area contributed by atoms with Crippen LogP contribution < -0.4 is 0 Å². The van der Waals surface area contributed by atoms with Crippen LogP contribution in [-0.4, -0.2) is 21.7 Å². The van der Waals surface area contributed by atoms with Crippen LogP contribution >= 0.6 is 0 Å². The van der Waals surface area contributed by atoms with Crippen LogP contribution in [0.25, 0.3) is 0 Å². The molecular formula is C14H22N2O2. The second kappa shape index (κ2) is 6.81. The van der Waals surface area contributed by atoms with Crippen LogP contribution in [0.2, 0.25) is 0 Å². The van der Waals surface area contributed by atoms with Crippen LogP contribution in [-0.2, 0) is 11.3 Å². The molecule has 1 aliphatic carbocycles. The highest BCUT2D eigenvalue weighted by atomic mass is 16.5. The van der Waals surface area contributed by atoms with E-state index in [1.54, 1.807) is 12.3 Å². The van der Waals surface area contributed by atoms with Crippen molar-refractivity contribution in [3.05, 3.63) is 23.8 Å². The van der Waals surface area contributed by atoms with Crippen molar-refractivity contribution in [2.75, 3.05) is 6.61 Å². The van der Waals surface area contributed by atoms with Crippen LogP contribution in [0, 0.1) is 5.92 Å². The van der Waals surface area contributed by atoms with E-state index in [4.69, 9.17) is 9.84 Å². The Morgan fingerprint density at radius 2 is 2.17 bits per heavy atom. The Bertz CT molecular complexity index is 365. The SMILES string of the molecule is CCOC(c1nccc(CO)n1)C1CCCCC1. The summed E-state index contributed by atoms with van der Waals surface area (Å²) in [5.41, 5.74) is 0.667. The summed E-state index contributed by atoms with van der Waals surface area (Å²) in [6, 6.07) is 1.74. The third-order valence-electron chi connectivity index (χ3n) is 3.57. The molecule has 1 fully saturated rings. The fraction of sp³-hybridized carbons (Fsp3) is 0.714. The van der Waals surface area contributed by atoms with Crippen LogP contribution in [0.15, 0.2) is 12.3 Å². The average molecular weight is 250 g/mol. The van der Waals surface area contributed by atoms with E-state index in [9.17, 15) is 0 Å². The molecule has 0 aromatic carbocycles. The molecule has 1 aliphatic rings. The van der Waals surface area contributed by atoms with E-state index in [1.807, 2.05) is 6.92 Å². The molecule has 0 aliphatic heterocycles. The summed E-state index contributed by atoms with van der Waals surface area (Å²) in [6.07, 6.45) is 7.95. The van der Waals surface area contributed by atoms with Crippen molar-refractivity contribution in [3.8, 4) is 0 Å². The van der Waals surface area contributed by atoms with Crippen molar-refractivity contribution < 1.29 is 9.84 Å². The van der Waals surface area contributed by atoms with Crippen molar-refractivity contribution in [3.63, 3.8) is 0 Å². The first-order chi connectivity index (χ1) is 8.85. The highest BCUT2D eigenvalue weighted by Gasteiger charge is 2.27. The predicted molar refractivity (Wildman–Crippen MR) is 68.9 cm³/mol. The van der Waals surface area contributed by atoms with Gasteiger partial charge in [0.15, 0.2) is 5.82 Å². The molecule has 1 aromatic rings. The highest BCUT2D eigenvalue weighted by molar-refractivity contribution is 5.04. The molecular weight excluding hydrogens is 228 g/mol. The summed E-state index contributed by atoms with van der Waals surface area (Å²) < 4.78 is 5.86. The first-order valence-electron chi connectivity index (χ1n) is 6.89. The molecule has 4 nitrogen and oxygen atoms in total. The van der Waals surface area contributed by atoms with E-state index < -0.39 is 0 Å². The zero-order valence-electron chi connectivity index (χ0n) is 11.0. The zero-order valence-corrected chi connectivity index (χ0v) is 11.0. The quantitative estimate of drug-likeness (QED) is 0.872. The maximum atomic E-state index is 9.15. The van der Waals surface area contributed by atoms with E-state index in [0.717, 1.165) is 5.82 Å². The second-order valence-corrected chi connectivity index (χ2v) is 4.84. The summed E-state index contributed by atoms with van der Waals surface area (Å²) in [5, 5.41) is 9.15. The third-order valence-corrected chi connectivity index (χ3v) is 3.57. The normalized spacial score (nSPS) is 18.8. The van der Waals surface area contributed by atoms with E-state index in [0.29, 0.717) is 18.2 Å². The van der Waals surface area contributed by atoms with Gasteiger partial charge in [-0.25, -0.2) is 9.97 Å². The Balaban J connectivity index is 2.16. The number of aromatic nitrogens is 2. The van der Waals surface area contributed by atoms with E-state index in [1.165, 1.54) is 32.1 Å². The van der Waals surface area contributed by atoms with E-state index >= 15 is 0 Å². The molecule has 1 atom stereocenters. The maximum Gasteiger partial charge on any atom is 0.157 e. The van der Waals surface area contributed by atoms with Gasteiger partial charge >= 0.3 is 0 Å². The lowest BCUT2D eigenvalue weighted by molar-refractivity contribution is -0.000462. The number of nitrogens with zero attached hydrogens (tertiary/aromatic N) is 2. The Hall–Kier alpha value is -1.00. The fourth-order valence-corrected chi connectivity index (χ4v) is 2.68. The molecule has 0 spiro atoms. The summed E-state index contributed by atoms with van der Waals surface area (Å²) in [4.78, 5) is 8.73. The molecule has 4 heteroatoms. The third kappa shape index (κ3) is 3.27. The number of aliphatic hydroxyl groups excluding tert-OH is 1. The Kier molecular flexibility index (Phi) is 5.08. The molecule has 1 unspecified atom stereocenters. The maximum absolute atomic E-state index is 9.15. The smallest absolute Gasteiger partial charge is 0.157 e. The minimum absolute atomic E-state index is 0.0122. The first kappa shape index (κ1) is 13.4. The van der Waals surface area contributed by atoms with E-state index in [2.05, 4.69) is 9.97 Å². The lowest BCUT2D eigenvalue weighted by Crippen LogP contribution is -2.21. The van der Waals surface area contributed by atoms with Crippen LogP contribution in [0.1, 0.15) is 56.7 Å². The van der Waals surface area contributed by atoms with Crippen molar-refractivity contribution in [1.29, 1.82) is 0 Å². The summed E-state index contributed by atoms with van der Waals surface area (Å²) in [5.74, 6) is 1.25. The van der Waals surface area contributed by atoms with E-state index in [-0.39, 0.29) is 12.7 Å². The molecule has 1 N–H and O–H groups in total. The first-order valence-corrected chi connectivity index (χ1v) is 6.89. The number of hydrogen-bond acceptors (Lipinski definition) is 4. The largest absolute Gasteiger partial charge is 0.390 e. The molecule has 1 aromatic heterocycles. The molecule has 0 radical (unpaired) electrons. The fourth-order valence-electron chi connectivity index (χ4n) is 2.68. The highest BCUT2D eigenvalue weighted by Crippen LogP contribution is 2.35. The van der Waals surface area contributed by atoms with Gasteiger partial charge in [-0.3, -0.25) is 0 Å². The Labute approximate surface area is 108 Å². The van der Waals surface area contributed by atoms with Crippen LogP contribution in [0.3, 0.4) is 0 Å². The molecule has 0 saturated heterocycles. The number of ether oxygens (including phenoxy) is 1. The van der Waals surface area contributed by atoms with Gasteiger partial charge in [0.1, 0.15) is 6.10 Å². The zero-order chi connectivity index (χ0) is 12.8. The topological polar surface area (TPSA) is 55.2 Å². The Morgan fingerprint density at radius 3 is 2.83 bits per heavy atom. The van der Waals surface area contributed by atoms with Crippen molar-refractivity contribution in [2.24, 2.45) is 5.92 Å². The average Bonchev–Trinajstić information content (AvgIpc) is 2.46. The van der Waals surface area contributed by atoms with Gasteiger partial charge in [0.25, 0.3) is 0 Å². The van der Waals surface area contributed by atoms with Crippen LogP contribution in [0.4, 0.5) is 0 Å². The van der Waals surface area contributed by atoms with Gasteiger partial charge in [-0.1, -0.05) is 19.3 Å². The molecule has 1 heterocycles. The van der Waals surface area contributed by atoms with Crippen molar-refractivity contribution >= 4 is 0 Å². The number of aliphatic hydroxyl groups is 1. The van der Waals surface area contributed by atoms with Gasteiger partial charge in [0.2, 0.25) is 0 Å². The minimum atomic E-state index is -0.0426. The minimum Gasteiger partial charge on any atom is -0.390 e. The molecule has 100 valence electrons. The lowest BCUT2D eigenvalue weighted by Gasteiger charge is -2.29. The monoisotopic (exact) mass is 250 g/mol. The lowest BCUT2D eigenvalue weighted by atomic mass is 9.85. The van der Waals surface area contributed by atoms with Gasteiger partial charge in [-0.05, 0) is 31.7 Å². The molecule has 18 heavy (non-hydrogen) atoms. The predicted octanol–water partition coefficient (Wildman–Crippen LogP) is 2.63. The van der Waals surface area contributed by atoms with Gasteiger partial charge < -0.3 is 9.84 Å². The molecule has 0 amide bonds. The van der Waals surface area contributed by atoms with Gasteiger partial charge in [0.05, 0.1) is 12.3 Å². The van der Waals surface area contributed by atoms with Crippen molar-refractivity contribution in [2.45, 2.75) is 51.7 Å². The van der Waals surface area contributed by atoms with Gasteiger partial charge in [-0.15, -0.1) is 0 Å². The number of rotatable bonds is 5. The molecule has 2 rings (SSSR count). The van der Waals surface area contributed by atoms with Crippen molar-refractivity contribution in [1.82, 2.24) is 9.97 Å². The Morgan fingerprint density at radius 1 is 1.39 bits per heavy atom. The summed E-state index contributed by atoms with van der Waals surface area (Å²) >= 11 is 0. The van der Waals surface area contributed by atoms with Crippen LogP contribution in [0.5, 0.6) is 0 Å². The van der Waals surface area contributed by atoms with Gasteiger partial charge in [0, 0.05) is 12.8 Å². The molecule has 1 saturated carbocycles. The van der Waals surface area contributed by atoms with Gasteiger partial charge in [-0.2, -0.15) is 0 Å². The summed E-state index contributed by atoms with van der Waals surface area (Å²) in [7, 11) is 0. The summed E-state index contributed by atoms with van der Waals surface area (Å²) in [6.45, 7) is 2.64. The second-order valence-electron chi connectivity index (χ2n) is 4.84. The molecule has 0 bridgehead atoms. The number of hydrogen-bond donors (Lipinski definition) is 1.